The first kappa shape index (κ1) is 19.0. The summed E-state index contributed by atoms with van der Waals surface area (Å²) in [5.74, 6) is -2.26. The van der Waals surface area contributed by atoms with Gasteiger partial charge in [0.2, 0.25) is 5.91 Å². The molecule has 3 N–H and O–H groups in total. The molecular formula is C20H16F2N4O2. The van der Waals surface area contributed by atoms with Gasteiger partial charge in [0.1, 0.15) is 5.82 Å². The lowest BCUT2D eigenvalue weighted by molar-refractivity contribution is -0.114. The zero-order chi connectivity index (χ0) is 20.1. The molecule has 28 heavy (non-hydrogen) atoms. The van der Waals surface area contributed by atoms with Gasteiger partial charge in [0.25, 0.3) is 5.91 Å². The number of hydrogen-bond donors (Lipinski definition) is 3. The van der Waals surface area contributed by atoms with Crippen LogP contribution in [0.4, 0.5) is 31.7 Å². The molecule has 0 aliphatic carbocycles. The number of rotatable bonds is 5. The number of nitrogens with one attached hydrogen (secondary N) is 3. The number of carbonyl (C=O) groups is 2. The van der Waals surface area contributed by atoms with Crippen molar-refractivity contribution in [3.63, 3.8) is 0 Å². The summed E-state index contributed by atoms with van der Waals surface area (Å²) in [7, 11) is 0. The van der Waals surface area contributed by atoms with Gasteiger partial charge in [-0.1, -0.05) is 0 Å². The number of hydrogen-bond acceptors (Lipinski definition) is 4. The monoisotopic (exact) mass is 382 g/mol. The van der Waals surface area contributed by atoms with Crippen LogP contribution in [0.5, 0.6) is 0 Å². The maximum absolute atomic E-state index is 13.3. The van der Waals surface area contributed by atoms with E-state index in [2.05, 4.69) is 20.9 Å². The van der Waals surface area contributed by atoms with Crippen molar-refractivity contribution in [1.82, 2.24) is 4.98 Å². The van der Waals surface area contributed by atoms with E-state index in [4.69, 9.17) is 0 Å². The van der Waals surface area contributed by atoms with Gasteiger partial charge in [0, 0.05) is 41.8 Å². The first-order valence-electron chi connectivity index (χ1n) is 8.28. The van der Waals surface area contributed by atoms with Gasteiger partial charge >= 0.3 is 0 Å². The summed E-state index contributed by atoms with van der Waals surface area (Å²) in [5, 5.41) is 8.21. The Hall–Kier alpha value is -3.81. The average molecular weight is 382 g/mol. The van der Waals surface area contributed by atoms with Crippen LogP contribution in [0.15, 0.2) is 60.8 Å². The number of carbonyl (C=O) groups excluding carboxylic acids is 2. The minimum absolute atomic E-state index is 0.142. The molecule has 0 saturated heterocycles. The Morgan fingerprint density at radius 3 is 2.18 bits per heavy atom. The predicted octanol–water partition coefficient (Wildman–Crippen LogP) is 4.31. The first-order valence-corrected chi connectivity index (χ1v) is 8.28. The highest BCUT2D eigenvalue weighted by Crippen LogP contribution is 2.19. The van der Waals surface area contributed by atoms with Crippen molar-refractivity contribution in [2.45, 2.75) is 6.92 Å². The normalized spacial score (nSPS) is 10.2. The summed E-state index contributed by atoms with van der Waals surface area (Å²) < 4.78 is 26.2. The number of amides is 2. The molecule has 1 heterocycles. The van der Waals surface area contributed by atoms with E-state index in [1.807, 2.05) is 0 Å². The van der Waals surface area contributed by atoms with Gasteiger partial charge in [-0.25, -0.2) is 13.8 Å². The molecule has 1 aromatic heterocycles. The van der Waals surface area contributed by atoms with Gasteiger partial charge in [-0.2, -0.15) is 0 Å². The van der Waals surface area contributed by atoms with Crippen molar-refractivity contribution >= 4 is 34.7 Å². The molecule has 0 saturated carbocycles. The molecule has 0 bridgehead atoms. The highest BCUT2D eigenvalue weighted by atomic mass is 19.2. The van der Waals surface area contributed by atoms with Crippen LogP contribution < -0.4 is 16.0 Å². The Morgan fingerprint density at radius 2 is 1.50 bits per heavy atom. The van der Waals surface area contributed by atoms with Crippen molar-refractivity contribution in [2.75, 3.05) is 16.0 Å². The summed E-state index contributed by atoms with van der Waals surface area (Å²) in [6.45, 7) is 1.42. The highest BCUT2D eigenvalue weighted by Gasteiger charge is 2.10. The summed E-state index contributed by atoms with van der Waals surface area (Å²) in [4.78, 5) is 27.5. The maximum Gasteiger partial charge on any atom is 0.255 e. The third-order valence-corrected chi connectivity index (χ3v) is 3.68. The molecule has 0 atom stereocenters. The van der Waals surface area contributed by atoms with E-state index in [0.717, 1.165) is 12.1 Å². The van der Waals surface area contributed by atoms with Gasteiger partial charge in [-0.05, 0) is 48.5 Å². The topological polar surface area (TPSA) is 83.1 Å². The van der Waals surface area contributed by atoms with E-state index < -0.39 is 17.5 Å². The molecule has 3 rings (SSSR count). The van der Waals surface area contributed by atoms with Gasteiger partial charge in [-0.15, -0.1) is 0 Å². The Balaban J connectivity index is 1.70. The lowest BCUT2D eigenvalue weighted by atomic mass is 10.2. The van der Waals surface area contributed by atoms with Crippen molar-refractivity contribution in [1.29, 1.82) is 0 Å². The Kier molecular flexibility index (Phi) is 5.59. The fraction of sp³-hybridized carbons (Fsp3) is 0.0500. The van der Waals surface area contributed by atoms with Crippen LogP contribution in [0.25, 0.3) is 0 Å². The third-order valence-electron chi connectivity index (χ3n) is 3.68. The standard InChI is InChI=1S/C20H16F2N4O2/c1-12(27)24-14-2-4-15(5-3-14)25-19-10-13(8-9-23-19)20(28)26-16-6-7-17(21)18(22)11-16/h2-11H,1H3,(H,23,25)(H,24,27)(H,26,28). The summed E-state index contributed by atoms with van der Waals surface area (Å²) in [6.07, 6.45) is 1.45. The second-order valence-electron chi connectivity index (χ2n) is 5.90. The van der Waals surface area contributed by atoms with Crippen molar-refractivity contribution < 1.29 is 18.4 Å². The number of anilines is 4. The maximum atomic E-state index is 13.3. The van der Waals surface area contributed by atoms with Crippen molar-refractivity contribution in [2.24, 2.45) is 0 Å². The van der Waals surface area contributed by atoms with Gasteiger partial charge in [0.15, 0.2) is 11.6 Å². The summed E-state index contributed by atoms with van der Waals surface area (Å²) >= 11 is 0. The molecule has 8 heteroatoms. The number of halogens is 2. The molecule has 0 unspecified atom stereocenters. The number of nitrogens with zero attached hydrogens (tertiary/aromatic N) is 1. The molecule has 2 amide bonds. The predicted molar refractivity (Wildman–Crippen MR) is 103 cm³/mol. The van der Waals surface area contributed by atoms with Crippen LogP contribution in [0.1, 0.15) is 17.3 Å². The third kappa shape index (κ3) is 4.88. The van der Waals surface area contributed by atoms with Crippen LogP contribution in [0.3, 0.4) is 0 Å². The molecular weight excluding hydrogens is 366 g/mol. The quantitative estimate of drug-likeness (QED) is 0.614. The minimum Gasteiger partial charge on any atom is -0.340 e. The fourth-order valence-corrected chi connectivity index (χ4v) is 2.41. The number of benzene rings is 2. The second kappa shape index (κ2) is 8.26. The van der Waals surface area contributed by atoms with Gasteiger partial charge in [0.05, 0.1) is 0 Å². The SMILES string of the molecule is CC(=O)Nc1ccc(Nc2cc(C(=O)Nc3ccc(F)c(F)c3)ccn2)cc1. The zero-order valence-corrected chi connectivity index (χ0v) is 14.8. The molecule has 3 aromatic rings. The van der Waals surface area contributed by atoms with E-state index >= 15 is 0 Å². The van der Waals surface area contributed by atoms with Gasteiger partial charge in [-0.3, -0.25) is 9.59 Å². The Bertz CT molecular complexity index is 1020. The molecule has 0 radical (unpaired) electrons. The average Bonchev–Trinajstić information content (AvgIpc) is 2.66. The highest BCUT2D eigenvalue weighted by molar-refractivity contribution is 6.04. The smallest absolute Gasteiger partial charge is 0.255 e. The van der Waals surface area contributed by atoms with E-state index in [0.29, 0.717) is 17.2 Å². The molecule has 0 spiro atoms. The molecule has 6 nitrogen and oxygen atoms in total. The largest absolute Gasteiger partial charge is 0.340 e. The van der Waals surface area contributed by atoms with Crippen molar-refractivity contribution in [3.05, 3.63) is 78.0 Å². The van der Waals surface area contributed by atoms with E-state index in [-0.39, 0.29) is 17.2 Å². The number of aromatic nitrogens is 1. The lowest BCUT2D eigenvalue weighted by Crippen LogP contribution is -2.12. The Morgan fingerprint density at radius 1 is 0.821 bits per heavy atom. The zero-order valence-electron chi connectivity index (χ0n) is 14.8. The van der Waals surface area contributed by atoms with Crippen LogP contribution in [0, 0.1) is 11.6 Å². The molecule has 2 aromatic carbocycles. The van der Waals surface area contributed by atoms with E-state index in [1.165, 1.54) is 31.3 Å². The molecule has 0 aliphatic heterocycles. The van der Waals surface area contributed by atoms with Crippen LogP contribution >= 0.6 is 0 Å². The second-order valence-corrected chi connectivity index (χ2v) is 5.90. The van der Waals surface area contributed by atoms with Crippen LogP contribution in [-0.2, 0) is 4.79 Å². The lowest BCUT2D eigenvalue weighted by Gasteiger charge is -2.09. The fourth-order valence-electron chi connectivity index (χ4n) is 2.41. The Labute approximate surface area is 159 Å². The number of pyridine rings is 1. The molecule has 0 fully saturated rings. The molecule has 0 aliphatic rings. The van der Waals surface area contributed by atoms with E-state index in [1.54, 1.807) is 24.3 Å². The summed E-state index contributed by atoms with van der Waals surface area (Å²) in [6, 6.07) is 13.1. The van der Waals surface area contributed by atoms with Crippen LogP contribution in [0.2, 0.25) is 0 Å². The molecule has 142 valence electrons. The minimum atomic E-state index is -1.04. The van der Waals surface area contributed by atoms with Gasteiger partial charge < -0.3 is 16.0 Å². The van der Waals surface area contributed by atoms with Crippen LogP contribution in [-0.4, -0.2) is 16.8 Å². The van der Waals surface area contributed by atoms with E-state index in [9.17, 15) is 18.4 Å². The van der Waals surface area contributed by atoms with Crippen molar-refractivity contribution in [3.8, 4) is 0 Å². The first-order chi connectivity index (χ1) is 13.4. The summed E-state index contributed by atoms with van der Waals surface area (Å²) in [5.41, 5.74) is 1.80.